The van der Waals surface area contributed by atoms with E-state index in [1.807, 2.05) is 37.3 Å². The number of carbonyl (C=O) groups is 1. The number of alkyl halides is 3. The minimum absolute atomic E-state index is 0.249. The molecule has 3 aromatic rings. The summed E-state index contributed by atoms with van der Waals surface area (Å²) in [4.78, 5) is 12.4. The number of rotatable bonds is 9. The van der Waals surface area contributed by atoms with Crippen molar-refractivity contribution in [2.24, 2.45) is 0 Å². The Balaban J connectivity index is 2.05. The van der Waals surface area contributed by atoms with Crippen LogP contribution in [0.15, 0.2) is 59.8 Å². The van der Waals surface area contributed by atoms with Crippen LogP contribution in [-0.2, 0) is 22.1 Å². The van der Waals surface area contributed by atoms with E-state index in [9.17, 15) is 18.0 Å². The first kappa shape index (κ1) is 23.8. The Kier molecular flexibility index (Phi) is 7.95. The van der Waals surface area contributed by atoms with Crippen LogP contribution in [0.2, 0.25) is 0 Å². The molecule has 5 nitrogen and oxygen atoms in total. The Morgan fingerprint density at radius 2 is 1.84 bits per heavy atom. The summed E-state index contributed by atoms with van der Waals surface area (Å²) in [5.74, 6) is 0.111. The SMILES string of the molecule is CCCC(Sc1nnc(Cc2ccccc2)n1-c1cccc(C(F)(F)F)c1)C(=O)OCC. The third-order valence-corrected chi connectivity index (χ3v) is 5.87. The maximum Gasteiger partial charge on any atom is 0.416 e. The number of esters is 1. The van der Waals surface area contributed by atoms with Gasteiger partial charge in [-0.05, 0) is 37.1 Å². The molecule has 0 bridgehead atoms. The summed E-state index contributed by atoms with van der Waals surface area (Å²) in [5.41, 5.74) is 0.471. The predicted molar refractivity (Wildman–Crippen MR) is 117 cm³/mol. The lowest BCUT2D eigenvalue weighted by atomic mass is 10.1. The van der Waals surface area contributed by atoms with E-state index in [2.05, 4.69) is 10.2 Å². The molecule has 0 aliphatic carbocycles. The first-order chi connectivity index (χ1) is 15.3. The zero-order valence-corrected chi connectivity index (χ0v) is 18.6. The average molecular weight is 464 g/mol. The molecule has 1 heterocycles. The quantitative estimate of drug-likeness (QED) is 0.301. The number of nitrogens with zero attached hydrogens (tertiary/aromatic N) is 3. The minimum atomic E-state index is -4.48. The molecule has 0 spiro atoms. The zero-order valence-electron chi connectivity index (χ0n) is 17.8. The molecule has 0 fully saturated rings. The summed E-state index contributed by atoms with van der Waals surface area (Å²) in [5, 5.41) is 8.31. The lowest BCUT2D eigenvalue weighted by molar-refractivity contribution is -0.142. The van der Waals surface area contributed by atoms with Gasteiger partial charge < -0.3 is 4.74 Å². The van der Waals surface area contributed by atoms with Gasteiger partial charge in [-0.3, -0.25) is 9.36 Å². The highest BCUT2D eigenvalue weighted by Gasteiger charge is 2.31. The van der Waals surface area contributed by atoms with Crippen LogP contribution < -0.4 is 0 Å². The summed E-state index contributed by atoms with van der Waals surface area (Å²) in [6.45, 7) is 3.93. The molecule has 0 saturated heterocycles. The Morgan fingerprint density at radius 3 is 2.50 bits per heavy atom. The largest absolute Gasteiger partial charge is 0.465 e. The van der Waals surface area contributed by atoms with E-state index in [0.717, 1.165) is 35.9 Å². The Bertz CT molecular complexity index is 1040. The Labute approximate surface area is 189 Å². The van der Waals surface area contributed by atoms with Gasteiger partial charge in [0.25, 0.3) is 0 Å². The van der Waals surface area contributed by atoms with Crippen LogP contribution in [0.1, 0.15) is 43.6 Å². The van der Waals surface area contributed by atoms with Crippen molar-refractivity contribution < 1.29 is 22.7 Å². The number of hydrogen-bond acceptors (Lipinski definition) is 5. The van der Waals surface area contributed by atoms with Gasteiger partial charge in [-0.1, -0.05) is 61.5 Å². The summed E-state index contributed by atoms with van der Waals surface area (Å²) in [6.07, 6.45) is -2.81. The Morgan fingerprint density at radius 1 is 1.09 bits per heavy atom. The number of aromatic nitrogens is 3. The van der Waals surface area contributed by atoms with Gasteiger partial charge in [0.15, 0.2) is 5.16 Å². The maximum atomic E-state index is 13.4. The van der Waals surface area contributed by atoms with Crippen LogP contribution in [0.5, 0.6) is 0 Å². The van der Waals surface area contributed by atoms with E-state index in [0.29, 0.717) is 23.8 Å². The molecule has 170 valence electrons. The van der Waals surface area contributed by atoms with Crippen molar-refractivity contribution in [1.82, 2.24) is 14.8 Å². The monoisotopic (exact) mass is 463 g/mol. The molecule has 0 saturated carbocycles. The molecule has 9 heteroatoms. The molecule has 0 amide bonds. The molecular formula is C23H24F3N3O2S. The number of hydrogen-bond donors (Lipinski definition) is 0. The first-order valence-corrected chi connectivity index (χ1v) is 11.2. The van der Waals surface area contributed by atoms with Crippen molar-refractivity contribution in [1.29, 1.82) is 0 Å². The minimum Gasteiger partial charge on any atom is -0.465 e. The maximum absolute atomic E-state index is 13.4. The molecule has 0 aliphatic heterocycles. The Hall–Kier alpha value is -2.81. The number of benzene rings is 2. The summed E-state index contributed by atoms with van der Waals surface area (Å²) >= 11 is 1.16. The van der Waals surface area contributed by atoms with E-state index in [4.69, 9.17) is 4.74 Å². The molecule has 0 aliphatic rings. The number of ether oxygens (including phenoxy) is 1. The zero-order chi connectivity index (χ0) is 23.1. The van der Waals surface area contributed by atoms with Crippen LogP contribution in [0, 0.1) is 0 Å². The lowest BCUT2D eigenvalue weighted by Gasteiger charge is -2.16. The van der Waals surface area contributed by atoms with Crippen molar-refractivity contribution in [2.45, 2.75) is 49.7 Å². The van der Waals surface area contributed by atoms with Crippen molar-refractivity contribution >= 4 is 17.7 Å². The van der Waals surface area contributed by atoms with Gasteiger partial charge in [-0.15, -0.1) is 10.2 Å². The van der Waals surface area contributed by atoms with E-state index < -0.39 is 17.0 Å². The van der Waals surface area contributed by atoms with Crippen molar-refractivity contribution in [3.8, 4) is 5.69 Å². The van der Waals surface area contributed by atoms with Gasteiger partial charge in [-0.2, -0.15) is 13.2 Å². The van der Waals surface area contributed by atoms with Gasteiger partial charge in [0, 0.05) is 6.42 Å². The molecule has 32 heavy (non-hydrogen) atoms. The van der Waals surface area contributed by atoms with E-state index in [-0.39, 0.29) is 18.3 Å². The summed E-state index contributed by atoms with van der Waals surface area (Å²) in [7, 11) is 0. The highest BCUT2D eigenvalue weighted by molar-refractivity contribution is 8.00. The fraction of sp³-hybridized carbons (Fsp3) is 0.348. The van der Waals surface area contributed by atoms with Crippen molar-refractivity contribution in [3.05, 3.63) is 71.5 Å². The average Bonchev–Trinajstić information content (AvgIpc) is 3.15. The van der Waals surface area contributed by atoms with Gasteiger partial charge in [-0.25, -0.2) is 0 Å². The van der Waals surface area contributed by atoms with Gasteiger partial charge >= 0.3 is 12.1 Å². The molecule has 3 rings (SSSR count). The van der Waals surface area contributed by atoms with E-state index >= 15 is 0 Å². The van der Waals surface area contributed by atoms with E-state index in [1.165, 1.54) is 6.07 Å². The lowest BCUT2D eigenvalue weighted by Crippen LogP contribution is -2.21. The first-order valence-electron chi connectivity index (χ1n) is 10.3. The second-order valence-electron chi connectivity index (χ2n) is 7.09. The predicted octanol–water partition coefficient (Wildman–Crippen LogP) is 5.70. The van der Waals surface area contributed by atoms with Crippen LogP contribution in [0.4, 0.5) is 13.2 Å². The van der Waals surface area contributed by atoms with Crippen LogP contribution >= 0.6 is 11.8 Å². The van der Waals surface area contributed by atoms with Gasteiger partial charge in [0.05, 0.1) is 17.9 Å². The van der Waals surface area contributed by atoms with Crippen molar-refractivity contribution in [3.63, 3.8) is 0 Å². The third-order valence-electron chi connectivity index (χ3n) is 4.69. The van der Waals surface area contributed by atoms with Gasteiger partial charge in [0.2, 0.25) is 0 Å². The normalized spacial score (nSPS) is 12.5. The molecule has 1 aromatic heterocycles. The second-order valence-corrected chi connectivity index (χ2v) is 8.26. The summed E-state index contributed by atoms with van der Waals surface area (Å²) < 4.78 is 46.8. The number of thioether (sulfide) groups is 1. The third kappa shape index (κ3) is 5.91. The number of halogens is 3. The van der Waals surface area contributed by atoms with Gasteiger partial charge in [0.1, 0.15) is 11.1 Å². The fourth-order valence-corrected chi connectivity index (χ4v) is 4.38. The van der Waals surface area contributed by atoms with Crippen LogP contribution in [0.25, 0.3) is 5.69 Å². The molecule has 1 atom stereocenters. The molecule has 0 radical (unpaired) electrons. The summed E-state index contributed by atoms with van der Waals surface area (Å²) in [6, 6.07) is 14.5. The standard InChI is InChI=1S/C23H24F3N3O2S/c1-3-9-19(21(30)31-4-2)32-22-28-27-20(14-16-10-6-5-7-11-16)29(22)18-13-8-12-17(15-18)23(24,25)26/h5-8,10-13,15,19H,3-4,9,14H2,1-2H3. The fourth-order valence-electron chi connectivity index (χ4n) is 3.20. The second kappa shape index (κ2) is 10.7. The highest BCUT2D eigenvalue weighted by atomic mass is 32.2. The molecule has 2 aromatic carbocycles. The smallest absolute Gasteiger partial charge is 0.416 e. The molecule has 0 N–H and O–H groups in total. The highest BCUT2D eigenvalue weighted by Crippen LogP contribution is 2.33. The molecule has 1 unspecified atom stereocenters. The van der Waals surface area contributed by atoms with Crippen molar-refractivity contribution in [2.75, 3.05) is 6.61 Å². The van der Waals surface area contributed by atoms with Crippen LogP contribution in [-0.4, -0.2) is 32.6 Å². The van der Waals surface area contributed by atoms with E-state index in [1.54, 1.807) is 17.6 Å². The number of carbonyl (C=O) groups excluding carboxylic acids is 1. The molecular weight excluding hydrogens is 439 g/mol. The van der Waals surface area contributed by atoms with Crippen LogP contribution in [0.3, 0.4) is 0 Å². The topological polar surface area (TPSA) is 57.0 Å².